The quantitative estimate of drug-likeness (QED) is 0.115. The van der Waals surface area contributed by atoms with E-state index >= 15 is 0 Å². The van der Waals surface area contributed by atoms with E-state index in [4.69, 9.17) is 10.7 Å². The molecular formula is C32H49N3S. The molecule has 198 valence electrons. The summed E-state index contributed by atoms with van der Waals surface area (Å²) in [6.07, 6.45) is 18.4. The van der Waals surface area contributed by atoms with Crippen LogP contribution in [0.3, 0.4) is 0 Å². The van der Waals surface area contributed by atoms with Gasteiger partial charge in [-0.2, -0.15) is 0 Å². The molecule has 1 heterocycles. The second kappa shape index (κ2) is 14.7. The van der Waals surface area contributed by atoms with E-state index in [1.807, 2.05) is 11.3 Å². The van der Waals surface area contributed by atoms with E-state index in [0.717, 1.165) is 61.5 Å². The van der Waals surface area contributed by atoms with Crippen molar-refractivity contribution in [2.45, 2.75) is 130 Å². The molecule has 0 unspecified atom stereocenters. The Morgan fingerprint density at radius 3 is 1.72 bits per heavy atom. The van der Waals surface area contributed by atoms with Crippen molar-refractivity contribution in [2.24, 2.45) is 0 Å². The molecule has 0 saturated carbocycles. The number of nitrogens with one attached hydrogen (secondary N) is 1. The molecule has 3 rings (SSSR count). The Morgan fingerprint density at radius 2 is 1.17 bits per heavy atom. The van der Waals surface area contributed by atoms with Gasteiger partial charge in [0, 0.05) is 5.69 Å². The smallest absolute Gasteiger partial charge is 0.0848 e. The Labute approximate surface area is 223 Å². The molecule has 36 heavy (non-hydrogen) atoms. The molecule has 0 amide bonds. The zero-order chi connectivity index (χ0) is 25.9. The van der Waals surface area contributed by atoms with Crippen LogP contribution in [0.1, 0.15) is 127 Å². The molecule has 0 spiro atoms. The number of fused-ring (bicyclic) bond motifs is 2. The Bertz CT molecular complexity index is 1130. The lowest BCUT2D eigenvalue weighted by Crippen LogP contribution is -2.21. The van der Waals surface area contributed by atoms with Crippen molar-refractivity contribution in [3.63, 3.8) is 0 Å². The summed E-state index contributed by atoms with van der Waals surface area (Å²) in [5.41, 5.74) is 14.8. The van der Waals surface area contributed by atoms with E-state index in [0.29, 0.717) is 0 Å². The number of benzene rings is 2. The molecule has 1 aromatic rings. The Balaban J connectivity index is 2.27. The first-order chi connectivity index (χ1) is 17.6. The third-order valence-corrected chi connectivity index (χ3v) is 8.88. The SMILES string of the molecule is CCCCCc1c2nc3ccc(N)c(CCCCC)c3sc-2c(CCCCC)c(=N)c1CCCCC. The summed E-state index contributed by atoms with van der Waals surface area (Å²) in [4.78, 5) is 6.64. The minimum absolute atomic E-state index is 0.815. The number of anilines is 1. The molecule has 4 heteroatoms. The van der Waals surface area contributed by atoms with Gasteiger partial charge < -0.3 is 11.1 Å². The summed E-state index contributed by atoms with van der Waals surface area (Å²) in [6.45, 7) is 9.04. The van der Waals surface area contributed by atoms with E-state index in [-0.39, 0.29) is 0 Å². The number of unbranched alkanes of at least 4 members (excludes halogenated alkanes) is 8. The summed E-state index contributed by atoms with van der Waals surface area (Å²) >= 11 is 1.88. The maximum Gasteiger partial charge on any atom is 0.0848 e. The average molecular weight is 508 g/mol. The molecule has 0 saturated heterocycles. The van der Waals surface area contributed by atoms with E-state index in [2.05, 4.69) is 39.8 Å². The van der Waals surface area contributed by atoms with Crippen molar-refractivity contribution >= 4 is 27.2 Å². The van der Waals surface area contributed by atoms with E-state index < -0.39 is 0 Å². The highest BCUT2D eigenvalue weighted by molar-refractivity contribution is 7.21. The van der Waals surface area contributed by atoms with Crippen LogP contribution in [-0.4, -0.2) is 4.98 Å². The molecule has 3 N–H and O–H groups in total. The first-order valence-electron chi connectivity index (χ1n) is 14.8. The number of nitrogens with two attached hydrogens (primary N) is 1. The highest BCUT2D eigenvalue weighted by atomic mass is 32.1. The largest absolute Gasteiger partial charge is 0.398 e. The Kier molecular flexibility index (Phi) is 11.7. The van der Waals surface area contributed by atoms with Gasteiger partial charge in [-0.25, -0.2) is 4.98 Å². The maximum absolute atomic E-state index is 9.41. The van der Waals surface area contributed by atoms with E-state index in [1.165, 1.54) is 95.3 Å². The van der Waals surface area contributed by atoms with Crippen molar-refractivity contribution in [2.75, 3.05) is 5.73 Å². The number of hydrogen-bond donors (Lipinski definition) is 2. The van der Waals surface area contributed by atoms with Gasteiger partial charge in [0.15, 0.2) is 0 Å². The number of aryl methyl sites for hydroxylation is 1. The standard InChI is InChI=1S/C32H49N3S/c1-5-9-13-17-23-24(18-14-10-6-2)30-32(26(29(23)34)20-16-12-8-4)36-31-25(19-15-11-7-3)27(33)21-22-28(31)35-30/h21-22,34H,5-20,33H2,1-4H3. The van der Waals surface area contributed by atoms with Crippen LogP contribution >= 0.6 is 11.3 Å². The zero-order valence-electron chi connectivity index (χ0n) is 23.4. The predicted octanol–water partition coefficient (Wildman–Crippen LogP) is 9.39. The van der Waals surface area contributed by atoms with Gasteiger partial charge in [-0.3, -0.25) is 0 Å². The summed E-state index contributed by atoms with van der Waals surface area (Å²) in [6, 6.07) is 4.19. The van der Waals surface area contributed by atoms with Crippen LogP contribution in [0.15, 0.2) is 12.1 Å². The van der Waals surface area contributed by atoms with Crippen LogP contribution in [-0.2, 0) is 25.7 Å². The lowest BCUT2D eigenvalue weighted by atomic mass is 9.89. The normalized spacial score (nSPS) is 11.7. The van der Waals surface area contributed by atoms with Crippen molar-refractivity contribution in [1.29, 1.82) is 5.41 Å². The Hall–Kier alpha value is -1.94. The summed E-state index contributed by atoms with van der Waals surface area (Å²) in [5.74, 6) is 0. The van der Waals surface area contributed by atoms with Crippen molar-refractivity contribution < 1.29 is 0 Å². The van der Waals surface area contributed by atoms with Crippen LogP contribution in [0.4, 0.5) is 5.69 Å². The molecule has 0 atom stereocenters. The molecule has 3 nitrogen and oxygen atoms in total. The number of hydrogen-bond acceptors (Lipinski definition) is 4. The van der Waals surface area contributed by atoms with Gasteiger partial charge in [0.25, 0.3) is 0 Å². The van der Waals surface area contributed by atoms with Gasteiger partial charge in [-0.05, 0) is 85.8 Å². The van der Waals surface area contributed by atoms with E-state index in [9.17, 15) is 5.41 Å². The molecule has 1 aliphatic carbocycles. The number of rotatable bonds is 16. The third-order valence-electron chi connectivity index (χ3n) is 7.58. The first kappa shape index (κ1) is 28.6. The highest BCUT2D eigenvalue weighted by Crippen LogP contribution is 2.40. The molecule has 1 aromatic carbocycles. The fraction of sp³-hybridized carbons (Fsp3) is 0.625. The van der Waals surface area contributed by atoms with Crippen LogP contribution < -0.4 is 11.1 Å². The van der Waals surface area contributed by atoms with Gasteiger partial charge in [-0.15, -0.1) is 11.3 Å². The summed E-state index contributed by atoms with van der Waals surface area (Å²) < 4.78 is 1.24. The number of nitrogen functional groups attached to an aromatic ring is 1. The maximum atomic E-state index is 9.41. The summed E-state index contributed by atoms with van der Waals surface area (Å²) in [7, 11) is 0. The van der Waals surface area contributed by atoms with Crippen LogP contribution in [0.5, 0.6) is 0 Å². The first-order valence-corrected chi connectivity index (χ1v) is 15.6. The molecule has 2 aliphatic rings. The summed E-state index contributed by atoms with van der Waals surface area (Å²) in [5, 5.41) is 10.2. The van der Waals surface area contributed by atoms with Crippen LogP contribution in [0, 0.1) is 5.41 Å². The van der Waals surface area contributed by atoms with Gasteiger partial charge >= 0.3 is 0 Å². The fourth-order valence-corrected chi connectivity index (χ4v) is 6.76. The van der Waals surface area contributed by atoms with Crippen molar-refractivity contribution in [3.8, 4) is 10.6 Å². The predicted molar refractivity (Wildman–Crippen MR) is 159 cm³/mol. The third kappa shape index (κ3) is 6.88. The highest BCUT2D eigenvalue weighted by Gasteiger charge is 2.23. The molecule has 0 bridgehead atoms. The minimum Gasteiger partial charge on any atom is -0.398 e. The zero-order valence-corrected chi connectivity index (χ0v) is 24.2. The topological polar surface area (TPSA) is 62.8 Å². The monoisotopic (exact) mass is 507 g/mol. The van der Waals surface area contributed by atoms with Gasteiger partial charge in [-0.1, -0.05) is 79.1 Å². The van der Waals surface area contributed by atoms with Gasteiger partial charge in [0.2, 0.25) is 0 Å². The molecule has 1 aliphatic heterocycles. The second-order valence-electron chi connectivity index (χ2n) is 10.5. The Morgan fingerprint density at radius 1 is 0.667 bits per heavy atom. The number of aromatic nitrogens is 1. The van der Waals surface area contributed by atoms with Gasteiger partial charge in [0.1, 0.15) is 0 Å². The number of nitrogens with zero attached hydrogens (tertiary/aromatic N) is 1. The van der Waals surface area contributed by atoms with Crippen molar-refractivity contribution in [1.82, 2.24) is 4.98 Å². The van der Waals surface area contributed by atoms with Crippen LogP contribution in [0.25, 0.3) is 20.8 Å². The molecule has 0 fully saturated rings. The lowest BCUT2D eigenvalue weighted by Gasteiger charge is -2.22. The average Bonchev–Trinajstić information content (AvgIpc) is 2.88. The minimum atomic E-state index is 0.815. The fourth-order valence-electron chi connectivity index (χ4n) is 5.40. The van der Waals surface area contributed by atoms with Crippen LogP contribution in [0.2, 0.25) is 0 Å². The molecule has 0 aromatic heterocycles. The van der Waals surface area contributed by atoms with E-state index in [1.54, 1.807) is 0 Å². The lowest BCUT2D eigenvalue weighted by molar-refractivity contribution is 0.682. The molecular weight excluding hydrogens is 458 g/mol. The van der Waals surface area contributed by atoms with Gasteiger partial charge in [0.05, 0.1) is 26.1 Å². The second-order valence-corrected chi connectivity index (χ2v) is 11.5. The van der Waals surface area contributed by atoms with Crippen molar-refractivity contribution in [3.05, 3.63) is 39.7 Å². The molecule has 0 radical (unpaired) electrons.